The molecule has 3 N–H and O–H groups in total. The van der Waals surface area contributed by atoms with Gasteiger partial charge in [-0.2, -0.15) is 0 Å². The van der Waals surface area contributed by atoms with Crippen molar-refractivity contribution in [2.24, 2.45) is 0 Å². The molecule has 0 atom stereocenters. The molecule has 0 radical (unpaired) electrons. The Morgan fingerprint density at radius 2 is 1.79 bits per heavy atom. The van der Waals surface area contributed by atoms with Crippen LogP contribution in [0, 0.1) is 0 Å². The third-order valence-electron chi connectivity index (χ3n) is 4.88. The first kappa shape index (κ1) is 23.4. The highest BCUT2D eigenvalue weighted by molar-refractivity contribution is 7.20. The first-order valence-corrected chi connectivity index (χ1v) is 11.6. The molecule has 9 heteroatoms. The molecule has 4 rings (SSSR count). The predicted molar refractivity (Wildman–Crippen MR) is 130 cm³/mol. The molecule has 0 saturated carbocycles. The second-order valence-corrected chi connectivity index (χ2v) is 9.77. The largest absolute Gasteiger partial charge is 0.508 e. The maximum Gasteiger partial charge on any atom is 0.412 e. The maximum atomic E-state index is 13.0. The number of ether oxygens (including phenoxy) is 3. The quantitative estimate of drug-likeness (QED) is 0.448. The minimum Gasteiger partial charge on any atom is -0.508 e. The Morgan fingerprint density at radius 1 is 1.06 bits per heavy atom. The number of carbonyl (C=O) groups excluding carboxylic acids is 2. The van der Waals surface area contributed by atoms with Gasteiger partial charge in [-0.3, -0.25) is 10.1 Å². The topological polar surface area (TPSA) is 106 Å². The standard InChI is InChI=1S/C25H26N2O6S/c1-25(2,3)33-24(30)27-23-18(22(29)26-11-10-15-4-7-17(28)8-5-15)13-21(34-23)16-6-9-19-20(12-16)32-14-31-19/h4-9,12-13,28H,10-11,14H2,1-3H3,(H,26,29)(H,27,30). The van der Waals surface area contributed by atoms with Crippen molar-refractivity contribution in [3.63, 3.8) is 0 Å². The van der Waals surface area contributed by atoms with Gasteiger partial charge in [0.1, 0.15) is 16.4 Å². The molecule has 34 heavy (non-hydrogen) atoms. The second-order valence-electron chi connectivity index (χ2n) is 8.72. The zero-order valence-corrected chi connectivity index (χ0v) is 20.0. The first-order valence-electron chi connectivity index (χ1n) is 10.8. The van der Waals surface area contributed by atoms with Crippen molar-refractivity contribution in [1.82, 2.24) is 5.32 Å². The Bertz CT molecular complexity index is 1200. The number of carbonyl (C=O) groups is 2. The molecule has 178 valence electrons. The highest BCUT2D eigenvalue weighted by Gasteiger charge is 2.23. The van der Waals surface area contributed by atoms with E-state index in [1.807, 2.05) is 18.2 Å². The highest BCUT2D eigenvalue weighted by atomic mass is 32.1. The van der Waals surface area contributed by atoms with Gasteiger partial charge in [-0.05, 0) is 74.7 Å². The summed E-state index contributed by atoms with van der Waals surface area (Å²) in [5, 5.41) is 15.4. The van der Waals surface area contributed by atoms with Gasteiger partial charge in [-0.15, -0.1) is 11.3 Å². The van der Waals surface area contributed by atoms with Crippen LogP contribution in [0.3, 0.4) is 0 Å². The van der Waals surface area contributed by atoms with Gasteiger partial charge in [-0.25, -0.2) is 4.79 Å². The monoisotopic (exact) mass is 482 g/mol. The van der Waals surface area contributed by atoms with E-state index in [-0.39, 0.29) is 18.4 Å². The minimum atomic E-state index is -0.673. The molecule has 0 fully saturated rings. The van der Waals surface area contributed by atoms with E-state index in [0.29, 0.717) is 35.0 Å². The van der Waals surface area contributed by atoms with Crippen molar-refractivity contribution in [2.45, 2.75) is 32.8 Å². The maximum absolute atomic E-state index is 13.0. The van der Waals surface area contributed by atoms with E-state index in [9.17, 15) is 14.7 Å². The van der Waals surface area contributed by atoms with Crippen LogP contribution in [0.5, 0.6) is 17.2 Å². The fraction of sp³-hybridized carbons (Fsp3) is 0.280. The average molecular weight is 483 g/mol. The molecule has 1 aliphatic rings. The molecule has 2 heterocycles. The van der Waals surface area contributed by atoms with Crippen molar-refractivity contribution in [1.29, 1.82) is 0 Å². The molecule has 2 amide bonds. The van der Waals surface area contributed by atoms with Crippen LogP contribution in [0.4, 0.5) is 9.80 Å². The van der Waals surface area contributed by atoms with Crippen LogP contribution >= 0.6 is 11.3 Å². The summed E-state index contributed by atoms with van der Waals surface area (Å²) in [4.78, 5) is 26.2. The van der Waals surface area contributed by atoms with E-state index in [4.69, 9.17) is 14.2 Å². The van der Waals surface area contributed by atoms with E-state index in [0.717, 1.165) is 16.0 Å². The van der Waals surface area contributed by atoms with Crippen molar-refractivity contribution in [3.05, 3.63) is 59.7 Å². The lowest BCUT2D eigenvalue weighted by molar-refractivity contribution is 0.0636. The molecule has 0 bridgehead atoms. The Balaban J connectivity index is 1.53. The van der Waals surface area contributed by atoms with Gasteiger partial charge in [0.2, 0.25) is 6.79 Å². The lowest BCUT2D eigenvalue weighted by Crippen LogP contribution is -2.29. The lowest BCUT2D eigenvalue weighted by atomic mass is 10.1. The molecule has 1 aliphatic heterocycles. The third-order valence-corrected chi connectivity index (χ3v) is 5.98. The van der Waals surface area contributed by atoms with E-state index in [1.54, 1.807) is 51.1 Å². The summed E-state index contributed by atoms with van der Waals surface area (Å²) in [6, 6.07) is 14.1. The van der Waals surface area contributed by atoms with Gasteiger partial charge in [0.05, 0.1) is 5.56 Å². The van der Waals surface area contributed by atoms with Gasteiger partial charge in [-0.1, -0.05) is 12.1 Å². The van der Waals surface area contributed by atoms with E-state index in [1.165, 1.54) is 11.3 Å². The number of fused-ring (bicyclic) bond motifs is 1. The number of thiophene rings is 1. The molecule has 8 nitrogen and oxygen atoms in total. The Labute approximate surface area is 201 Å². The fourth-order valence-corrected chi connectivity index (χ4v) is 4.36. The summed E-state index contributed by atoms with van der Waals surface area (Å²) in [6.07, 6.45) is -0.0373. The number of hydrogen-bond acceptors (Lipinski definition) is 7. The van der Waals surface area contributed by atoms with Crippen LogP contribution in [-0.2, 0) is 11.2 Å². The van der Waals surface area contributed by atoms with Crippen LogP contribution in [0.25, 0.3) is 10.4 Å². The number of rotatable bonds is 6. The fourth-order valence-electron chi connectivity index (χ4n) is 3.32. The normalized spacial score (nSPS) is 12.3. The summed E-state index contributed by atoms with van der Waals surface area (Å²) in [5.74, 6) is 1.18. The molecule has 2 aromatic carbocycles. The van der Waals surface area contributed by atoms with Crippen LogP contribution in [0.15, 0.2) is 48.5 Å². The zero-order chi connectivity index (χ0) is 24.3. The van der Waals surface area contributed by atoms with Crippen LogP contribution < -0.4 is 20.1 Å². The number of hydrogen-bond donors (Lipinski definition) is 3. The zero-order valence-electron chi connectivity index (χ0n) is 19.1. The van der Waals surface area contributed by atoms with Crippen LogP contribution in [-0.4, -0.2) is 36.0 Å². The van der Waals surface area contributed by atoms with E-state index >= 15 is 0 Å². The molecule has 0 spiro atoms. The molecule has 0 saturated heterocycles. The molecule has 3 aromatic rings. The highest BCUT2D eigenvalue weighted by Crippen LogP contribution is 2.40. The Morgan fingerprint density at radius 3 is 2.53 bits per heavy atom. The summed E-state index contributed by atoms with van der Waals surface area (Å²) in [6.45, 7) is 5.88. The first-order chi connectivity index (χ1) is 16.2. The van der Waals surface area contributed by atoms with Gasteiger partial charge in [0.15, 0.2) is 11.5 Å². The van der Waals surface area contributed by atoms with Crippen LogP contribution in [0.2, 0.25) is 0 Å². The number of amides is 2. The van der Waals surface area contributed by atoms with E-state index in [2.05, 4.69) is 10.6 Å². The molecule has 0 aliphatic carbocycles. The number of phenolic OH excluding ortho intramolecular Hbond substituents is 1. The third kappa shape index (κ3) is 5.79. The molecule has 0 unspecified atom stereocenters. The number of anilines is 1. The van der Waals surface area contributed by atoms with Gasteiger partial charge < -0.3 is 24.6 Å². The summed E-state index contributed by atoms with van der Waals surface area (Å²) in [5.41, 5.74) is 1.49. The minimum absolute atomic E-state index is 0.170. The molecular weight excluding hydrogens is 456 g/mol. The lowest BCUT2D eigenvalue weighted by Gasteiger charge is -2.19. The van der Waals surface area contributed by atoms with Crippen LogP contribution in [0.1, 0.15) is 36.7 Å². The SMILES string of the molecule is CC(C)(C)OC(=O)Nc1sc(-c2ccc3c(c2)OCO3)cc1C(=O)NCCc1ccc(O)cc1. The van der Waals surface area contributed by atoms with Gasteiger partial charge in [0.25, 0.3) is 5.91 Å². The summed E-state index contributed by atoms with van der Waals surface area (Å²) >= 11 is 1.28. The average Bonchev–Trinajstić information content (AvgIpc) is 3.40. The van der Waals surface area contributed by atoms with Crippen molar-refractivity contribution >= 4 is 28.3 Å². The number of aromatic hydroxyl groups is 1. The summed E-state index contributed by atoms with van der Waals surface area (Å²) in [7, 11) is 0. The Kier molecular flexibility index (Phi) is 6.65. The number of nitrogens with one attached hydrogen (secondary N) is 2. The summed E-state index contributed by atoms with van der Waals surface area (Å²) < 4.78 is 16.2. The second kappa shape index (κ2) is 9.64. The molecular formula is C25H26N2O6S. The van der Waals surface area contributed by atoms with Gasteiger partial charge >= 0.3 is 6.09 Å². The Hall–Kier alpha value is -3.72. The van der Waals surface area contributed by atoms with Crippen molar-refractivity contribution in [3.8, 4) is 27.7 Å². The van der Waals surface area contributed by atoms with E-state index < -0.39 is 11.7 Å². The van der Waals surface area contributed by atoms with Crippen molar-refractivity contribution in [2.75, 3.05) is 18.7 Å². The van der Waals surface area contributed by atoms with Gasteiger partial charge in [0, 0.05) is 11.4 Å². The predicted octanol–water partition coefficient (Wildman–Crippen LogP) is 5.17. The number of benzene rings is 2. The molecule has 1 aromatic heterocycles. The smallest absolute Gasteiger partial charge is 0.412 e. The number of phenols is 1. The van der Waals surface area contributed by atoms with Crippen molar-refractivity contribution < 1.29 is 28.9 Å².